The van der Waals surface area contributed by atoms with Crippen LogP contribution in [0.3, 0.4) is 0 Å². The Morgan fingerprint density at radius 3 is 2.09 bits per heavy atom. The molecule has 1 aliphatic carbocycles. The van der Waals surface area contributed by atoms with Crippen LogP contribution in [-0.4, -0.2) is 42.9 Å². The summed E-state index contributed by atoms with van der Waals surface area (Å²) in [5, 5.41) is 11.5. The highest BCUT2D eigenvalue weighted by atomic mass is 16.5. The van der Waals surface area contributed by atoms with E-state index in [0.717, 1.165) is 41.6 Å². The fraction of sp³-hybridized carbons (Fsp3) is 0.292. The molecule has 2 aliphatic heterocycles. The summed E-state index contributed by atoms with van der Waals surface area (Å²) >= 11 is 0. The summed E-state index contributed by atoms with van der Waals surface area (Å²) < 4.78 is 6.02. The fourth-order valence-electron chi connectivity index (χ4n) is 7.41. The molecule has 10 nitrogen and oxygen atoms in total. The molecule has 1 atom stereocenters. The fourth-order valence-corrected chi connectivity index (χ4v) is 7.41. The van der Waals surface area contributed by atoms with Gasteiger partial charge in [-0.2, -0.15) is 29.9 Å². The topological polar surface area (TPSA) is 86.5 Å². The molecule has 2 heterocycles. The van der Waals surface area contributed by atoms with Crippen molar-refractivity contribution < 1.29 is 15.8 Å². The van der Waals surface area contributed by atoms with Crippen molar-refractivity contribution in [3.8, 4) is 5.75 Å². The maximum atomic E-state index is 12.9. The lowest BCUT2D eigenvalue weighted by Crippen LogP contribution is -2.28. The second kappa shape index (κ2) is 19.4. The molecule has 1 fully saturated rings. The number of nitrogens with zero attached hydrogens (tertiary/aromatic N) is 7. The second-order valence-electron chi connectivity index (χ2n) is 14.5. The van der Waals surface area contributed by atoms with E-state index < -0.39 is 5.92 Å². The molecule has 3 aliphatic rings. The smallest absolute Gasteiger partial charge is 0.492 e. The first kappa shape index (κ1) is 40.9. The number of anilines is 3. The van der Waals surface area contributed by atoms with Gasteiger partial charge in [0.15, 0.2) is 0 Å². The van der Waals surface area contributed by atoms with E-state index in [1.54, 1.807) is 26.0 Å². The number of para-hydroxylation sites is 2. The molecule has 0 spiro atoms. The molecule has 296 valence electrons. The molecule has 10 heteroatoms. The average molecular weight is 774 g/mol. The van der Waals surface area contributed by atoms with Crippen LogP contribution in [0.4, 0.5) is 17.1 Å². The van der Waals surface area contributed by atoms with Gasteiger partial charge in [-0.05, 0) is 112 Å². The number of carbonyl (C=O) groups excluding carboxylic acids is 2. The summed E-state index contributed by atoms with van der Waals surface area (Å²) in [5.41, 5.74) is 7.61. The number of likely N-dealkylation sites (N-methyl/N-ethyl adjacent to an activating group) is 1. The van der Waals surface area contributed by atoms with Crippen LogP contribution in [0.15, 0.2) is 131 Å². The number of rotatable bonds is 11. The van der Waals surface area contributed by atoms with Crippen LogP contribution < -0.4 is 19.7 Å². The SMILES string of the molecule is CC1=NN(c2ccccc2)C(=O)/C1=C\C1C(=O)N(c2ccccc2)N=C1C.[C-]#[N+]C(=Cc1ccc(N(CC)CCOc2ccc(C3CCCCC3)cc2)cc1C)[N+]#[C-].[HH]. The Morgan fingerprint density at radius 1 is 0.845 bits per heavy atom. The van der Waals surface area contributed by atoms with E-state index in [1.165, 1.54) is 47.7 Å². The largest absolute Gasteiger partial charge is 0.519 e. The number of aryl methyl sites for hydroxylation is 1. The highest BCUT2D eigenvalue weighted by Gasteiger charge is 2.36. The highest BCUT2D eigenvalue weighted by molar-refractivity contribution is 6.30. The molecule has 58 heavy (non-hydrogen) atoms. The van der Waals surface area contributed by atoms with Crippen molar-refractivity contribution in [3.63, 3.8) is 0 Å². The zero-order valence-corrected chi connectivity index (χ0v) is 33.6. The molecule has 4 aromatic carbocycles. The van der Waals surface area contributed by atoms with Crippen LogP contribution in [0.1, 0.15) is 76.9 Å². The summed E-state index contributed by atoms with van der Waals surface area (Å²) in [4.78, 5) is 34.5. The molecule has 7 rings (SSSR count). The van der Waals surface area contributed by atoms with E-state index in [0.29, 0.717) is 35.0 Å². The first-order valence-corrected chi connectivity index (χ1v) is 19.9. The number of amides is 2. The zero-order valence-electron chi connectivity index (χ0n) is 33.6. The zero-order chi connectivity index (χ0) is 41.0. The van der Waals surface area contributed by atoms with Gasteiger partial charge in [-0.15, -0.1) is 0 Å². The molecule has 0 N–H and O–H groups in total. The van der Waals surface area contributed by atoms with Crippen molar-refractivity contribution in [2.24, 2.45) is 16.1 Å². The second-order valence-corrected chi connectivity index (χ2v) is 14.5. The van der Waals surface area contributed by atoms with E-state index >= 15 is 0 Å². The minimum Gasteiger partial charge on any atom is -0.492 e. The van der Waals surface area contributed by atoms with E-state index in [9.17, 15) is 9.59 Å². The van der Waals surface area contributed by atoms with Gasteiger partial charge < -0.3 is 9.64 Å². The van der Waals surface area contributed by atoms with Crippen molar-refractivity contribution in [1.29, 1.82) is 0 Å². The van der Waals surface area contributed by atoms with E-state index in [2.05, 4.69) is 62.0 Å². The molecule has 0 saturated heterocycles. The van der Waals surface area contributed by atoms with Crippen LogP contribution >= 0.6 is 0 Å². The van der Waals surface area contributed by atoms with Gasteiger partial charge in [-0.25, -0.2) is 0 Å². The maximum Gasteiger partial charge on any atom is 0.519 e. The lowest BCUT2D eigenvalue weighted by Gasteiger charge is -2.24. The van der Waals surface area contributed by atoms with E-state index in [-0.39, 0.29) is 19.1 Å². The van der Waals surface area contributed by atoms with Crippen molar-refractivity contribution in [1.82, 2.24) is 0 Å². The van der Waals surface area contributed by atoms with Gasteiger partial charge in [0.05, 0.1) is 40.8 Å². The Bertz CT molecular complexity index is 2290. The molecule has 0 bridgehead atoms. The number of hydrogen-bond donors (Lipinski definition) is 0. The number of ether oxygens (including phenoxy) is 1. The summed E-state index contributed by atoms with van der Waals surface area (Å²) in [6.07, 6.45) is 10.0. The van der Waals surface area contributed by atoms with Gasteiger partial charge in [0, 0.05) is 19.7 Å². The number of hydrazone groups is 2. The average Bonchev–Trinajstić information content (AvgIpc) is 3.71. The van der Waals surface area contributed by atoms with E-state index in [4.69, 9.17) is 17.9 Å². The Hall–Kier alpha value is -6.78. The number of hydrogen-bond acceptors (Lipinski definition) is 6. The molecular formula is C48H51N7O3. The lowest BCUT2D eigenvalue weighted by molar-refractivity contribution is -0.118. The van der Waals surface area contributed by atoms with Crippen LogP contribution in [0.2, 0.25) is 0 Å². The maximum absolute atomic E-state index is 12.9. The number of carbonyl (C=O) groups is 2. The summed E-state index contributed by atoms with van der Waals surface area (Å²) in [6.45, 7) is 24.1. The quantitative estimate of drug-likeness (QED) is 0.112. The van der Waals surface area contributed by atoms with Crippen molar-refractivity contribution in [3.05, 3.63) is 160 Å². The molecule has 2 amide bonds. The van der Waals surface area contributed by atoms with Crippen LogP contribution in [-0.2, 0) is 9.59 Å². The molecular weight excluding hydrogens is 723 g/mol. The van der Waals surface area contributed by atoms with Gasteiger partial charge in [0.1, 0.15) is 25.5 Å². The van der Waals surface area contributed by atoms with Gasteiger partial charge >= 0.3 is 5.82 Å². The predicted octanol–water partition coefficient (Wildman–Crippen LogP) is 10.7. The third kappa shape index (κ3) is 9.77. The van der Waals surface area contributed by atoms with Crippen LogP contribution in [0.25, 0.3) is 15.8 Å². The molecule has 1 saturated carbocycles. The third-order valence-corrected chi connectivity index (χ3v) is 10.7. The monoisotopic (exact) mass is 773 g/mol. The number of benzene rings is 4. The lowest BCUT2D eigenvalue weighted by atomic mass is 9.84. The van der Waals surface area contributed by atoms with E-state index in [1.807, 2.05) is 79.7 Å². The van der Waals surface area contributed by atoms with Crippen molar-refractivity contribution in [2.75, 3.05) is 34.6 Å². The van der Waals surface area contributed by atoms with Crippen molar-refractivity contribution in [2.45, 2.75) is 65.7 Å². The molecule has 0 radical (unpaired) electrons. The Morgan fingerprint density at radius 2 is 1.48 bits per heavy atom. The standard InChI is InChI=1S/C27H31N3O.C21H18N4O2.H2/c1-5-30(25-14-11-24(21(2)19-25)20-27(28-3)29-4)17-18-31-26-15-12-23(13-16-26)22-9-7-6-8-10-22;1-14-18(20(26)24(22-14)16-9-5-3-6-10-16)13-19-15(2)23-25(21(19)27)17-11-7-4-8-12-17;/h11-16,19-20,22H,5-10,17-18H2,1-2H3;3-13,18H,1-2H3;1H/b;19-13-;. The summed E-state index contributed by atoms with van der Waals surface area (Å²) in [6, 6.07) is 33.3. The van der Waals surface area contributed by atoms with Crippen LogP contribution in [0.5, 0.6) is 5.75 Å². The van der Waals surface area contributed by atoms with Gasteiger partial charge in [-0.3, -0.25) is 9.59 Å². The minimum absolute atomic E-state index is 0. The Kier molecular flexibility index (Phi) is 13.7. The van der Waals surface area contributed by atoms with Crippen LogP contribution in [0, 0.1) is 26.0 Å². The Balaban J connectivity index is 0.000000222. The first-order valence-electron chi connectivity index (χ1n) is 19.9. The first-order chi connectivity index (χ1) is 28.2. The molecule has 4 aromatic rings. The van der Waals surface area contributed by atoms with Crippen molar-refractivity contribution >= 4 is 46.4 Å². The van der Waals surface area contributed by atoms with Gasteiger partial charge in [0.2, 0.25) is 0 Å². The summed E-state index contributed by atoms with van der Waals surface area (Å²) in [5.74, 6) is 0.747. The Labute approximate surface area is 343 Å². The third-order valence-electron chi connectivity index (χ3n) is 10.7. The molecule has 0 aromatic heterocycles. The predicted molar refractivity (Wildman–Crippen MR) is 236 cm³/mol. The minimum atomic E-state index is -0.579. The summed E-state index contributed by atoms with van der Waals surface area (Å²) in [7, 11) is 0. The highest BCUT2D eigenvalue weighted by Crippen LogP contribution is 2.33. The van der Waals surface area contributed by atoms with Gasteiger partial charge in [-0.1, -0.05) is 79.9 Å². The normalized spacial score (nSPS) is 17.1. The van der Waals surface area contributed by atoms with Gasteiger partial charge in [0.25, 0.3) is 11.8 Å². The molecule has 1 unspecified atom stereocenters.